The number of nitrogens with zero attached hydrogens (tertiary/aromatic N) is 5. The molecule has 0 unspecified atom stereocenters. The number of halogens is 1. The van der Waals surface area contributed by atoms with E-state index in [0.29, 0.717) is 62.6 Å². The molecular weight excluding hydrogens is 487 g/mol. The summed E-state index contributed by atoms with van der Waals surface area (Å²) < 4.78 is 14.0. The summed E-state index contributed by atoms with van der Waals surface area (Å²) in [5, 5.41) is 20.1. The van der Waals surface area contributed by atoms with Crippen LogP contribution in [-0.4, -0.2) is 46.1 Å². The van der Waals surface area contributed by atoms with Crippen molar-refractivity contribution < 1.29 is 14.3 Å². The largest absolute Gasteiger partial charge is 0.508 e. The molecule has 188 valence electrons. The van der Waals surface area contributed by atoms with Gasteiger partial charge in [-0.1, -0.05) is 6.92 Å². The van der Waals surface area contributed by atoms with Crippen LogP contribution in [0, 0.1) is 5.82 Å². The van der Waals surface area contributed by atoms with Gasteiger partial charge in [0.25, 0.3) is 0 Å². The van der Waals surface area contributed by atoms with E-state index in [1.807, 2.05) is 25.1 Å². The monoisotopic (exact) mass is 508 g/mol. The summed E-state index contributed by atoms with van der Waals surface area (Å²) in [4.78, 5) is 33.4. The highest BCUT2D eigenvalue weighted by atomic mass is 19.1. The number of phenols is 1. The number of carbonyl (C=O) groups excluding carboxylic acids is 1. The molecule has 0 saturated carbocycles. The zero-order valence-electron chi connectivity index (χ0n) is 20.2. The molecule has 6 rings (SSSR count). The molecule has 0 saturated heterocycles. The first kappa shape index (κ1) is 23.2. The van der Waals surface area contributed by atoms with Crippen molar-refractivity contribution in [2.75, 3.05) is 5.32 Å². The van der Waals surface area contributed by atoms with Gasteiger partial charge in [-0.2, -0.15) is 5.10 Å². The number of phenolic OH excluding ortho intramolecular Hbond substituents is 1. The summed E-state index contributed by atoms with van der Waals surface area (Å²) in [6, 6.07) is 11.0. The molecule has 1 aromatic carbocycles. The second kappa shape index (κ2) is 9.36. The van der Waals surface area contributed by atoms with Crippen molar-refractivity contribution in [2.45, 2.75) is 19.8 Å². The lowest BCUT2D eigenvalue weighted by molar-refractivity contribution is -0.116. The van der Waals surface area contributed by atoms with Crippen LogP contribution < -0.4 is 5.32 Å². The minimum absolute atomic E-state index is 0.0702. The molecule has 5 aromatic heterocycles. The highest BCUT2D eigenvalue weighted by Crippen LogP contribution is 2.32. The van der Waals surface area contributed by atoms with E-state index in [4.69, 9.17) is 9.97 Å². The van der Waals surface area contributed by atoms with E-state index in [2.05, 4.69) is 30.5 Å². The van der Waals surface area contributed by atoms with Gasteiger partial charge in [0, 0.05) is 36.0 Å². The zero-order valence-corrected chi connectivity index (χ0v) is 20.2. The highest BCUT2D eigenvalue weighted by molar-refractivity contribution is 5.95. The van der Waals surface area contributed by atoms with Crippen molar-refractivity contribution in [3.8, 4) is 39.8 Å². The van der Waals surface area contributed by atoms with Crippen molar-refractivity contribution in [3.63, 3.8) is 0 Å². The predicted molar refractivity (Wildman–Crippen MR) is 141 cm³/mol. The molecule has 0 atom stereocenters. The molecule has 1 amide bonds. The third-order valence-corrected chi connectivity index (χ3v) is 5.98. The van der Waals surface area contributed by atoms with Gasteiger partial charge < -0.3 is 15.4 Å². The first-order valence-corrected chi connectivity index (χ1v) is 11.9. The van der Waals surface area contributed by atoms with Gasteiger partial charge in [0.05, 0.1) is 34.3 Å². The second-order valence-electron chi connectivity index (χ2n) is 8.76. The van der Waals surface area contributed by atoms with Crippen molar-refractivity contribution in [1.82, 2.24) is 35.1 Å². The molecule has 10 nitrogen and oxygen atoms in total. The molecule has 0 bridgehead atoms. The first-order chi connectivity index (χ1) is 18.5. The topological polar surface area (TPSA) is 145 Å². The number of benzene rings is 1. The Labute approximate surface area is 215 Å². The van der Waals surface area contributed by atoms with Gasteiger partial charge in [0.2, 0.25) is 5.91 Å². The van der Waals surface area contributed by atoms with Gasteiger partial charge >= 0.3 is 0 Å². The van der Waals surface area contributed by atoms with E-state index in [0.717, 1.165) is 18.1 Å². The van der Waals surface area contributed by atoms with Gasteiger partial charge in [-0.15, -0.1) is 0 Å². The standard InChI is InChI=1S/C27H21FN8O2/c1-2-3-22(38)31-17-9-15(12-29-13-17)19-4-5-21-25(32-19)26(36-35-21)27-33-20-6-7-30-23(24(20)34-27)14-8-16(28)11-18(37)10-14/h4-13,37H,2-3H2,1H3,(H,31,38)(H,33,34)(H,35,36). The number of aromatic amines is 2. The number of aromatic hydroxyl groups is 1. The number of fused-ring (bicyclic) bond motifs is 2. The Morgan fingerprint density at radius 1 is 1.00 bits per heavy atom. The maximum absolute atomic E-state index is 14.0. The lowest BCUT2D eigenvalue weighted by atomic mass is 10.1. The lowest BCUT2D eigenvalue weighted by Gasteiger charge is -2.06. The molecule has 6 aromatic rings. The Morgan fingerprint density at radius 2 is 1.87 bits per heavy atom. The van der Waals surface area contributed by atoms with Crippen LogP contribution in [0.15, 0.2) is 61.1 Å². The number of hydrogen-bond acceptors (Lipinski definition) is 7. The van der Waals surface area contributed by atoms with Gasteiger partial charge in [-0.25, -0.2) is 14.4 Å². The molecule has 4 N–H and O–H groups in total. The Bertz CT molecular complexity index is 1810. The van der Waals surface area contributed by atoms with Gasteiger partial charge in [0.15, 0.2) is 11.5 Å². The van der Waals surface area contributed by atoms with Crippen LogP contribution >= 0.6 is 0 Å². The van der Waals surface area contributed by atoms with Crippen LogP contribution in [0.3, 0.4) is 0 Å². The number of rotatable bonds is 6. The zero-order chi connectivity index (χ0) is 26.2. The summed E-state index contributed by atoms with van der Waals surface area (Å²) in [6.07, 6.45) is 6.04. The van der Waals surface area contributed by atoms with E-state index in [9.17, 15) is 14.3 Å². The van der Waals surface area contributed by atoms with Crippen molar-refractivity contribution in [1.29, 1.82) is 0 Å². The lowest BCUT2D eigenvalue weighted by Crippen LogP contribution is -2.10. The number of H-pyrrole nitrogens is 2. The Kier molecular flexibility index (Phi) is 5.72. The fourth-order valence-electron chi connectivity index (χ4n) is 4.29. The van der Waals surface area contributed by atoms with Gasteiger partial charge in [0.1, 0.15) is 22.6 Å². The summed E-state index contributed by atoms with van der Waals surface area (Å²) >= 11 is 0. The summed E-state index contributed by atoms with van der Waals surface area (Å²) in [5.74, 6) is -0.398. The maximum Gasteiger partial charge on any atom is 0.224 e. The maximum atomic E-state index is 14.0. The van der Waals surface area contributed by atoms with Gasteiger partial charge in [-0.05, 0) is 42.8 Å². The Balaban J connectivity index is 1.41. The third kappa shape index (κ3) is 4.30. The van der Waals surface area contributed by atoms with Crippen LogP contribution in [-0.2, 0) is 4.79 Å². The summed E-state index contributed by atoms with van der Waals surface area (Å²) in [6.45, 7) is 1.95. The molecule has 0 radical (unpaired) electrons. The number of amides is 1. The Morgan fingerprint density at radius 3 is 2.71 bits per heavy atom. The third-order valence-electron chi connectivity index (χ3n) is 5.98. The first-order valence-electron chi connectivity index (χ1n) is 11.9. The molecule has 38 heavy (non-hydrogen) atoms. The SMILES string of the molecule is CCCC(=O)Nc1cncc(-c2ccc3[nH]nc(-c4nc5c(-c6cc(O)cc(F)c6)nccc5[nH]4)c3n2)c1. The number of nitrogens with one attached hydrogen (secondary N) is 3. The molecule has 0 aliphatic heterocycles. The molecule has 0 fully saturated rings. The van der Waals surface area contributed by atoms with Crippen molar-refractivity contribution >= 4 is 33.7 Å². The number of anilines is 1. The fourth-order valence-corrected chi connectivity index (χ4v) is 4.29. The highest BCUT2D eigenvalue weighted by Gasteiger charge is 2.18. The fraction of sp³-hybridized carbons (Fsp3) is 0.111. The molecule has 5 heterocycles. The van der Waals surface area contributed by atoms with E-state index in [-0.39, 0.29) is 11.7 Å². The number of hydrogen-bond donors (Lipinski definition) is 4. The number of aromatic nitrogens is 7. The van der Waals surface area contributed by atoms with Crippen LogP contribution in [0.5, 0.6) is 5.75 Å². The van der Waals surface area contributed by atoms with Crippen molar-refractivity contribution in [3.05, 3.63) is 66.9 Å². The minimum Gasteiger partial charge on any atom is -0.508 e. The minimum atomic E-state index is -0.576. The van der Waals surface area contributed by atoms with Crippen LogP contribution in [0.1, 0.15) is 19.8 Å². The molecule has 0 aliphatic carbocycles. The van der Waals surface area contributed by atoms with E-state index in [1.165, 1.54) is 12.1 Å². The smallest absolute Gasteiger partial charge is 0.224 e. The number of pyridine rings is 3. The quantitative estimate of drug-likeness (QED) is 0.242. The second-order valence-corrected chi connectivity index (χ2v) is 8.76. The average molecular weight is 509 g/mol. The normalized spacial score (nSPS) is 11.3. The van der Waals surface area contributed by atoms with Crippen LogP contribution in [0.4, 0.5) is 10.1 Å². The number of carbonyl (C=O) groups is 1. The average Bonchev–Trinajstić information content (AvgIpc) is 3.52. The molecule has 0 spiro atoms. The summed E-state index contributed by atoms with van der Waals surface area (Å²) in [5.41, 5.74) is 5.74. The summed E-state index contributed by atoms with van der Waals surface area (Å²) in [7, 11) is 0. The van der Waals surface area contributed by atoms with E-state index < -0.39 is 5.82 Å². The van der Waals surface area contributed by atoms with E-state index >= 15 is 0 Å². The van der Waals surface area contributed by atoms with Crippen LogP contribution in [0.25, 0.3) is 56.1 Å². The van der Waals surface area contributed by atoms with Crippen molar-refractivity contribution in [2.24, 2.45) is 0 Å². The molecule has 0 aliphatic rings. The Hall–Kier alpha value is -5.19. The van der Waals surface area contributed by atoms with Crippen LogP contribution in [0.2, 0.25) is 0 Å². The predicted octanol–water partition coefficient (Wildman–Crippen LogP) is 5.21. The van der Waals surface area contributed by atoms with Gasteiger partial charge in [-0.3, -0.25) is 19.9 Å². The number of imidazole rings is 1. The molecule has 11 heteroatoms. The molecular formula is C27H21FN8O2. The van der Waals surface area contributed by atoms with E-state index in [1.54, 1.807) is 24.7 Å².